The largest absolute Gasteiger partial charge is 0.0654 e. The van der Waals surface area contributed by atoms with Gasteiger partial charge in [0.2, 0.25) is 0 Å². The zero-order valence-electron chi connectivity index (χ0n) is 9.73. The van der Waals surface area contributed by atoms with Crippen molar-refractivity contribution >= 4 is 0 Å². The highest BCUT2D eigenvalue weighted by Crippen LogP contribution is 2.43. The quantitative estimate of drug-likeness (QED) is 0.587. The fourth-order valence-corrected chi connectivity index (χ4v) is 2.90. The molecule has 0 aromatic heterocycles. The van der Waals surface area contributed by atoms with Crippen LogP contribution in [-0.2, 0) is 0 Å². The second-order valence-corrected chi connectivity index (χ2v) is 5.28. The molecule has 0 heterocycles. The average molecular weight is 182 g/mol. The van der Waals surface area contributed by atoms with Gasteiger partial charge in [-0.15, -0.1) is 0 Å². The van der Waals surface area contributed by atoms with Crippen molar-refractivity contribution in [2.45, 2.75) is 72.1 Å². The van der Waals surface area contributed by atoms with Crippen LogP contribution in [0.2, 0.25) is 0 Å². The van der Waals surface area contributed by atoms with E-state index < -0.39 is 0 Å². The predicted octanol–water partition coefficient (Wildman–Crippen LogP) is 4.78. The maximum Gasteiger partial charge on any atom is -0.0323 e. The SMILES string of the molecule is CCCCC1(C)CCCC(CC)C1. The van der Waals surface area contributed by atoms with Gasteiger partial charge in [0.25, 0.3) is 0 Å². The van der Waals surface area contributed by atoms with Gasteiger partial charge in [-0.05, 0) is 30.6 Å². The van der Waals surface area contributed by atoms with Crippen LogP contribution in [0.15, 0.2) is 0 Å². The molecule has 0 bridgehead atoms. The molecule has 0 amide bonds. The molecule has 0 saturated heterocycles. The Bertz CT molecular complexity index is 139. The summed E-state index contributed by atoms with van der Waals surface area (Å²) in [4.78, 5) is 0. The highest BCUT2D eigenvalue weighted by Gasteiger charge is 2.30. The molecule has 1 fully saturated rings. The Morgan fingerprint density at radius 1 is 1.31 bits per heavy atom. The third-order valence-corrected chi connectivity index (χ3v) is 3.89. The normalized spacial score (nSPS) is 34.8. The molecule has 0 aliphatic heterocycles. The molecule has 13 heavy (non-hydrogen) atoms. The molecule has 0 heteroatoms. The number of hydrogen-bond acceptors (Lipinski definition) is 0. The third-order valence-electron chi connectivity index (χ3n) is 3.89. The summed E-state index contributed by atoms with van der Waals surface area (Å²) in [6, 6.07) is 0. The van der Waals surface area contributed by atoms with Crippen molar-refractivity contribution in [1.82, 2.24) is 0 Å². The first-order valence-corrected chi connectivity index (χ1v) is 6.20. The summed E-state index contributed by atoms with van der Waals surface area (Å²) in [6.45, 7) is 7.18. The number of hydrogen-bond donors (Lipinski definition) is 0. The summed E-state index contributed by atoms with van der Waals surface area (Å²) in [5.74, 6) is 1.04. The minimum Gasteiger partial charge on any atom is -0.0654 e. The molecule has 1 aliphatic rings. The van der Waals surface area contributed by atoms with Gasteiger partial charge >= 0.3 is 0 Å². The van der Waals surface area contributed by atoms with Gasteiger partial charge in [0, 0.05) is 0 Å². The van der Waals surface area contributed by atoms with Gasteiger partial charge in [0.15, 0.2) is 0 Å². The van der Waals surface area contributed by atoms with E-state index >= 15 is 0 Å². The van der Waals surface area contributed by atoms with E-state index in [1.165, 1.54) is 51.4 Å². The standard InChI is InChI=1S/C13H26/c1-4-6-9-13(3)10-7-8-12(5-2)11-13/h12H,4-11H2,1-3H3. The van der Waals surface area contributed by atoms with Gasteiger partial charge in [-0.1, -0.05) is 52.9 Å². The number of rotatable bonds is 4. The highest BCUT2D eigenvalue weighted by molar-refractivity contribution is 4.82. The van der Waals surface area contributed by atoms with Gasteiger partial charge in [-0.25, -0.2) is 0 Å². The zero-order valence-corrected chi connectivity index (χ0v) is 9.73. The summed E-state index contributed by atoms with van der Waals surface area (Å²) in [5.41, 5.74) is 0.703. The van der Waals surface area contributed by atoms with E-state index in [-0.39, 0.29) is 0 Å². The van der Waals surface area contributed by atoms with E-state index in [2.05, 4.69) is 20.8 Å². The molecular weight excluding hydrogens is 156 g/mol. The third kappa shape index (κ3) is 3.32. The van der Waals surface area contributed by atoms with Crippen LogP contribution in [0.4, 0.5) is 0 Å². The predicted molar refractivity (Wildman–Crippen MR) is 59.9 cm³/mol. The van der Waals surface area contributed by atoms with Gasteiger partial charge in [0.1, 0.15) is 0 Å². The van der Waals surface area contributed by atoms with Crippen LogP contribution < -0.4 is 0 Å². The van der Waals surface area contributed by atoms with Gasteiger partial charge in [-0.2, -0.15) is 0 Å². The second-order valence-electron chi connectivity index (χ2n) is 5.28. The molecule has 0 nitrogen and oxygen atoms in total. The van der Waals surface area contributed by atoms with Crippen LogP contribution in [0.25, 0.3) is 0 Å². The van der Waals surface area contributed by atoms with Gasteiger partial charge < -0.3 is 0 Å². The van der Waals surface area contributed by atoms with Crippen LogP contribution >= 0.6 is 0 Å². The molecule has 1 saturated carbocycles. The first kappa shape index (κ1) is 11.1. The van der Waals surface area contributed by atoms with Crippen molar-refractivity contribution in [3.8, 4) is 0 Å². The molecule has 0 spiro atoms. The van der Waals surface area contributed by atoms with Gasteiger partial charge in [-0.3, -0.25) is 0 Å². The molecule has 2 unspecified atom stereocenters. The fraction of sp³-hybridized carbons (Fsp3) is 1.00. The maximum atomic E-state index is 2.52. The van der Waals surface area contributed by atoms with Crippen LogP contribution in [0.5, 0.6) is 0 Å². The maximum absolute atomic E-state index is 2.52. The van der Waals surface area contributed by atoms with Crippen molar-refractivity contribution in [3.05, 3.63) is 0 Å². The average Bonchev–Trinajstić information content (AvgIpc) is 2.15. The Labute approximate surface area is 84.1 Å². The Morgan fingerprint density at radius 2 is 2.08 bits per heavy atom. The monoisotopic (exact) mass is 182 g/mol. The molecule has 0 aromatic carbocycles. The molecule has 2 atom stereocenters. The molecule has 0 radical (unpaired) electrons. The first-order valence-electron chi connectivity index (χ1n) is 6.20. The van der Waals surface area contributed by atoms with E-state index in [0.29, 0.717) is 5.41 Å². The second kappa shape index (κ2) is 5.02. The van der Waals surface area contributed by atoms with E-state index in [9.17, 15) is 0 Å². The van der Waals surface area contributed by atoms with Crippen LogP contribution in [0.3, 0.4) is 0 Å². The smallest absolute Gasteiger partial charge is 0.0323 e. The molecule has 0 aromatic rings. The van der Waals surface area contributed by atoms with E-state index in [4.69, 9.17) is 0 Å². The highest BCUT2D eigenvalue weighted by atomic mass is 14.4. The Morgan fingerprint density at radius 3 is 2.69 bits per heavy atom. The first-order chi connectivity index (χ1) is 6.20. The van der Waals surface area contributed by atoms with E-state index in [1.54, 1.807) is 0 Å². The van der Waals surface area contributed by atoms with Gasteiger partial charge in [0.05, 0.1) is 0 Å². The lowest BCUT2D eigenvalue weighted by molar-refractivity contribution is 0.140. The van der Waals surface area contributed by atoms with E-state index in [1.807, 2.05) is 0 Å². The van der Waals surface area contributed by atoms with Crippen molar-refractivity contribution in [2.24, 2.45) is 11.3 Å². The lowest BCUT2D eigenvalue weighted by atomic mass is 9.68. The minimum atomic E-state index is 0.703. The Kier molecular flexibility index (Phi) is 4.28. The Balaban J connectivity index is 2.37. The summed E-state index contributed by atoms with van der Waals surface area (Å²) < 4.78 is 0. The molecule has 78 valence electrons. The molecule has 1 aliphatic carbocycles. The molecular formula is C13H26. The summed E-state index contributed by atoms with van der Waals surface area (Å²) >= 11 is 0. The Hall–Kier alpha value is 0. The minimum absolute atomic E-state index is 0.703. The number of unbranched alkanes of at least 4 members (excludes halogenated alkanes) is 1. The fourth-order valence-electron chi connectivity index (χ4n) is 2.90. The van der Waals surface area contributed by atoms with E-state index in [0.717, 1.165) is 5.92 Å². The lowest BCUT2D eigenvalue weighted by Crippen LogP contribution is -2.25. The van der Waals surface area contributed by atoms with Crippen molar-refractivity contribution in [3.63, 3.8) is 0 Å². The van der Waals surface area contributed by atoms with Crippen molar-refractivity contribution in [2.75, 3.05) is 0 Å². The molecule has 0 N–H and O–H groups in total. The zero-order chi connectivity index (χ0) is 9.73. The summed E-state index contributed by atoms with van der Waals surface area (Å²) in [5, 5.41) is 0. The van der Waals surface area contributed by atoms with Crippen LogP contribution in [-0.4, -0.2) is 0 Å². The lowest BCUT2D eigenvalue weighted by Gasteiger charge is -2.38. The summed E-state index contributed by atoms with van der Waals surface area (Å²) in [6.07, 6.45) is 11.7. The molecule has 1 rings (SSSR count). The topological polar surface area (TPSA) is 0 Å². The van der Waals surface area contributed by atoms with Crippen LogP contribution in [0.1, 0.15) is 72.1 Å². The summed E-state index contributed by atoms with van der Waals surface area (Å²) in [7, 11) is 0. The van der Waals surface area contributed by atoms with Crippen molar-refractivity contribution in [1.29, 1.82) is 0 Å². The van der Waals surface area contributed by atoms with Crippen molar-refractivity contribution < 1.29 is 0 Å². The van der Waals surface area contributed by atoms with Crippen LogP contribution in [0, 0.1) is 11.3 Å².